The molecule has 0 spiro atoms. The van der Waals surface area contributed by atoms with Gasteiger partial charge >= 0.3 is 12.1 Å². The zero-order chi connectivity index (χ0) is 19.5. The molecular weight excluding hydrogens is 358 g/mol. The Balaban J connectivity index is 1.40. The lowest BCUT2D eigenvalue weighted by Crippen LogP contribution is -2.26. The average molecular weight is 375 g/mol. The lowest BCUT2D eigenvalue weighted by atomic mass is 9.98. The van der Waals surface area contributed by atoms with Crippen LogP contribution in [0, 0.1) is 0 Å². The van der Waals surface area contributed by atoms with E-state index in [2.05, 4.69) is 39.6 Å². The summed E-state index contributed by atoms with van der Waals surface area (Å²) < 4.78 is 5.43. The first-order valence-corrected chi connectivity index (χ1v) is 8.76. The fourth-order valence-electron chi connectivity index (χ4n) is 3.42. The van der Waals surface area contributed by atoms with Crippen molar-refractivity contribution in [2.24, 2.45) is 0 Å². The maximum absolute atomic E-state index is 12.1. The van der Waals surface area contributed by atoms with Crippen molar-refractivity contribution in [3.63, 3.8) is 0 Å². The molecule has 140 valence electrons. The summed E-state index contributed by atoms with van der Waals surface area (Å²) >= 11 is 0. The number of aromatic carboxylic acids is 1. The number of carboxylic acids is 1. The number of hydrogen-bond donors (Lipinski definition) is 2. The highest BCUT2D eigenvalue weighted by Gasteiger charge is 2.28. The van der Waals surface area contributed by atoms with E-state index >= 15 is 0 Å². The number of aromatic nitrogens is 2. The Bertz CT molecular complexity index is 1010. The fraction of sp³-hybridized carbons (Fsp3) is 0.143. The zero-order valence-corrected chi connectivity index (χ0v) is 14.8. The molecule has 1 amide bonds. The van der Waals surface area contributed by atoms with Gasteiger partial charge in [-0.1, -0.05) is 48.5 Å². The third-order valence-corrected chi connectivity index (χ3v) is 4.70. The van der Waals surface area contributed by atoms with Crippen LogP contribution >= 0.6 is 0 Å². The topological polar surface area (TPSA) is 101 Å². The van der Waals surface area contributed by atoms with E-state index < -0.39 is 12.1 Å². The zero-order valence-electron chi connectivity index (χ0n) is 14.8. The van der Waals surface area contributed by atoms with E-state index in [-0.39, 0.29) is 24.8 Å². The highest BCUT2D eigenvalue weighted by atomic mass is 16.5. The van der Waals surface area contributed by atoms with Gasteiger partial charge in [-0.25, -0.2) is 19.6 Å². The Kier molecular flexibility index (Phi) is 4.72. The van der Waals surface area contributed by atoms with Crippen LogP contribution in [0.1, 0.15) is 33.2 Å². The normalized spacial score (nSPS) is 12.1. The van der Waals surface area contributed by atoms with Crippen LogP contribution in [0.15, 0.2) is 60.9 Å². The molecular formula is C21H17N3O4. The van der Waals surface area contributed by atoms with Gasteiger partial charge in [-0.3, -0.25) is 0 Å². The molecule has 1 heterocycles. The first-order valence-electron chi connectivity index (χ1n) is 8.76. The maximum atomic E-state index is 12.1. The first kappa shape index (κ1) is 17.7. The Morgan fingerprint density at radius 2 is 1.64 bits per heavy atom. The van der Waals surface area contributed by atoms with Gasteiger partial charge in [0, 0.05) is 5.92 Å². The molecule has 0 unspecified atom stereocenters. The number of carbonyl (C=O) groups excluding carboxylic acids is 1. The largest absolute Gasteiger partial charge is 0.477 e. The summed E-state index contributed by atoms with van der Waals surface area (Å²) in [6, 6.07) is 17.5. The smallest absolute Gasteiger partial charge is 0.407 e. The molecule has 2 aromatic carbocycles. The number of fused-ring (bicyclic) bond motifs is 3. The number of nitrogens with one attached hydrogen (secondary N) is 1. The number of ether oxygens (including phenoxy) is 1. The second kappa shape index (κ2) is 7.48. The highest BCUT2D eigenvalue weighted by molar-refractivity contribution is 5.85. The molecule has 28 heavy (non-hydrogen) atoms. The molecule has 3 aromatic rings. The van der Waals surface area contributed by atoms with Gasteiger partial charge in [0.15, 0.2) is 5.69 Å². The van der Waals surface area contributed by atoms with Gasteiger partial charge in [0.05, 0.1) is 12.2 Å². The van der Waals surface area contributed by atoms with Gasteiger partial charge in [-0.15, -0.1) is 0 Å². The van der Waals surface area contributed by atoms with Crippen molar-refractivity contribution in [1.29, 1.82) is 0 Å². The molecule has 0 aliphatic heterocycles. The van der Waals surface area contributed by atoms with Crippen molar-refractivity contribution >= 4 is 12.1 Å². The van der Waals surface area contributed by atoms with Gasteiger partial charge in [0.2, 0.25) is 0 Å². The molecule has 1 aromatic heterocycles. The van der Waals surface area contributed by atoms with Crippen LogP contribution in [0.2, 0.25) is 0 Å². The van der Waals surface area contributed by atoms with Crippen molar-refractivity contribution in [2.45, 2.75) is 12.5 Å². The molecule has 0 saturated carbocycles. The summed E-state index contributed by atoms with van der Waals surface area (Å²) in [4.78, 5) is 30.7. The monoisotopic (exact) mass is 375 g/mol. The summed E-state index contributed by atoms with van der Waals surface area (Å²) in [6.45, 7) is 0.267. The highest BCUT2D eigenvalue weighted by Crippen LogP contribution is 2.44. The van der Waals surface area contributed by atoms with Gasteiger partial charge in [-0.2, -0.15) is 0 Å². The molecule has 1 aliphatic rings. The third kappa shape index (κ3) is 3.42. The van der Waals surface area contributed by atoms with Gasteiger partial charge < -0.3 is 15.2 Å². The van der Waals surface area contributed by atoms with E-state index in [4.69, 9.17) is 9.84 Å². The van der Waals surface area contributed by atoms with E-state index in [0.717, 1.165) is 28.6 Å². The molecule has 7 nitrogen and oxygen atoms in total. The van der Waals surface area contributed by atoms with Crippen LogP contribution in [-0.4, -0.2) is 33.7 Å². The summed E-state index contributed by atoms with van der Waals surface area (Å²) in [5.74, 6) is -1.17. The molecule has 2 N–H and O–H groups in total. The molecule has 0 fully saturated rings. The van der Waals surface area contributed by atoms with Crippen molar-refractivity contribution in [2.75, 3.05) is 6.61 Å². The Hall–Kier alpha value is -3.74. The number of benzene rings is 2. The van der Waals surface area contributed by atoms with E-state index in [9.17, 15) is 9.59 Å². The molecule has 0 radical (unpaired) electrons. The minimum atomic E-state index is -1.15. The minimum Gasteiger partial charge on any atom is -0.477 e. The van der Waals surface area contributed by atoms with Crippen molar-refractivity contribution in [1.82, 2.24) is 15.3 Å². The van der Waals surface area contributed by atoms with Crippen molar-refractivity contribution in [3.8, 4) is 11.1 Å². The number of alkyl carbamates (subject to hydrolysis) is 1. The second-order valence-electron chi connectivity index (χ2n) is 6.38. The molecule has 1 aliphatic carbocycles. The summed E-state index contributed by atoms with van der Waals surface area (Å²) in [6.07, 6.45) is 0.565. The second-order valence-corrected chi connectivity index (χ2v) is 6.38. The van der Waals surface area contributed by atoms with Crippen molar-refractivity contribution < 1.29 is 19.4 Å². The number of carboxylic acid groups (broad SMARTS) is 1. The maximum Gasteiger partial charge on any atom is 0.407 e. The molecule has 0 atom stereocenters. The SMILES string of the molecule is O=C(NCc1cc(C(=O)O)ncn1)OCC1c2ccccc2-c2ccccc21. The van der Waals surface area contributed by atoms with Crippen LogP contribution < -0.4 is 5.32 Å². The number of amides is 1. The van der Waals surface area contributed by atoms with E-state index in [1.54, 1.807) is 0 Å². The summed E-state index contributed by atoms with van der Waals surface area (Å²) in [5.41, 5.74) is 4.86. The van der Waals surface area contributed by atoms with Crippen LogP contribution in [0.3, 0.4) is 0 Å². The fourth-order valence-corrected chi connectivity index (χ4v) is 3.42. The number of rotatable bonds is 5. The summed E-state index contributed by atoms with van der Waals surface area (Å²) in [7, 11) is 0. The van der Waals surface area contributed by atoms with E-state index in [0.29, 0.717) is 5.69 Å². The van der Waals surface area contributed by atoms with Crippen LogP contribution in [0.25, 0.3) is 11.1 Å². The van der Waals surface area contributed by atoms with Crippen molar-refractivity contribution in [3.05, 3.63) is 83.4 Å². The summed E-state index contributed by atoms with van der Waals surface area (Å²) in [5, 5.41) is 11.5. The quantitative estimate of drug-likeness (QED) is 0.710. The van der Waals surface area contributed by atoms with Crippen LogP contribution in [-0.2, 0) is 11.3 Å². The van der Waals surface area contributed by atoms with E-state index in [1.165, 1.54) is 6.07 Å². The van der Waals surface area contributed by atoms with Crippen LogP contribution in [0.5, 0.6) is 0 Å². The Labute approximate surface area is 161 Å². The van der Waals surface area contributed by atoms with Gasteiger partial charge in [-0.05, 0) is 28.3 Å². The predicted octanol–water partition coefficient (Wildman–Crippen LogP) is 3.21. The number of hydrogen-bond acceptors (Lipinski definition) is 5. The van der Waals surface area contributed by atoms with Gasteiger partial charge in [0.1, 0.15) is 12.9 Å². The number of carbonyl (C=O) groups is 2. The third-order valence-electron chi connectivity index (χ3n) is 4.70. The first-order chi connectivity index (χ1) is 13.6. The lowest BCUT2D eigenvalue weighted by molar-refractivity contribution is 0.0690. The molecule has 0 saturated heterocycles. The standard InChI is InChI=1S/C21H17N3O4/c25-20(26)19-9-13(23-12-24-19)10-22-21(27)28-11-18-16-7-3-1-5-14(16)15-6-2-4-8-17(15)18/h1-9,12,18H,10-11H2,(H,22,27)(H,25,26). The predicted molar refractivity (Wildman–Crippen MR) is 101 cm³/mol. The number of nitrogens with zero attached hydrogens (tertiary/aromatic N) is 2. The molecule has 0 bridgehead atoms. The minimum absolute atomic E-state index is 0.0178. The molecule has 4 rings (SSSR count). The Morgan fingerprint density at radius 1 is 1.00 bits per heavy atom. The van der Waals surface area contributed by atoms with E-state index in [1.807, 2.05) is 24.3 Å². The average Bonchev–Trinajstić information content (AvgIpc) is 3.05. The van der Waals surface area contributed by atoms with Gasteiger partial charge in [0.25, 0.3) is 0 Å². The Morgan fingerprint density at radius 3 is 2.29 bits per heavy atom. The van der Waals surface area contributed by atoms with Crippen LogP contribution in [0.4, 0.5) is 4.79 Å². The molecule has 7 heteroatoms. The lowest BCUT2D eigenvalue weighted by Gasteiger charge is -2.14.